The largest absolute Gasteiger partial charge is 0.494 e. The average molecular weight is 490 g/mol. The minimum absolute atomic E-state index is 0.0790. The molecule has 33 heavy (non-hydrogen) atoms. The zero-order valence-corrected chi connectivity index (χ0v) is 20.2. The van der Waals surface area contributed by atoms with Crippen LogP contribution in [0.3, 0.4) is 0 Å². The van der Waals surface area contributed by atoms with Crippen LogP contribution in [0.1, 0.15) is 18.1 Å². The summed E-state index contributed by atoms with van der Waals surface area (Å²) in [6.07, 6.45) is 1.41. The molecule has 0 aliphatic heterocycles. The number of thioether (sulfide) groups is 1. The Morgan fingerprint density at radius 2 is 2.00 bits per heavy atom. The molecule has 3 aromatic rings. The van der Waals surface area contributed by atoms with Crippen LogP contribution in [-0.2, 0) is 21.4 Å². The fourth-order valence-corrected chi connectivity index (χ4v) is 5.19. The van der Waals surface area contributed by atoms with Gasteiger partial charge in [0.25, 0.3) is 0 Å². The summed E-state index contributed by atoms with van der Waals surface area (Å²) < 4.78 is 33.6. The van der Waals surface area contributed by atoms with Crippen molar-refractivity contribution >= 4 is 27.7 Å². The van der Waals surface area contributed by atoms with Gasteiger partial charge in [0.1, 0.15) is 12.1 Å². The highest BCUT2D eigenvalue weighted by Crippen LogP contribution is 2.25. The predicted octanol–water partition coefficient (Wildman–Crippen LogP) is 2.61. The van der Waals surface area contributed by atoms with E-state index in [1.165, 1.54) is 28.5 Å². The van der Waals surface area contributed by atoms with Crippen LogP contribution in [0.5, 0.6) is 5.75 Å². The number of nitrogens with one attached hydrogen (secondary N) is 2. The van der Waals surface area contributed by atoms with E-state index in [1.54, 1.807) is 19.1 Å². The van der Waals surface area contributed by atoms with Gasteiger partial charge in [0, 0.05) is 18.8 Å². The van der Waals surface area contributed by atoms with Crippen LogP contribution in [0.2, 0.25) is 0 Å². The Balaban J connectivity index is 1.72. The molecule has 2 N–H and O–H groups in total. The number of aromatic amines is 1. The van der Waals surface area contributed by atoms with Crippen molar-refractivity contribution in [1.82, 2.24) is 24.8 Å². The lowest BCUT2D eigenvalue weighted by Gasteiger charge is -2.22. The Labute approximate surface area is 198 Å². The quantitative estimate of drug-likeness (QED) is 0.297. The van der Waals surface area contributed by atoms with Gasteiger partial charge in [0.15, 0.2) is 5.16 Å². The highest BCUT2D eigenvalue weighted by Gasteiger charge is 2.27. The van der Waals surface area contributed by atoms with Crippen LogP contribution in [-0.4, -0.2) is 59.3 Å². The van der Waals surface area contributed by atoms with Crippen LogP contribution >= 0.6 is 11.8 Å². The zero-order chi connectivity index (χ0) is 23.7. The summed E-state index contributed by atoms with van der Waals surface area (Å²) in [5.74, 6) is 0.827. The molecule has 0 saturated heterocycles. The second-order valence-corrected chi connectivity index (χ2v) is 10.1. The number of ether oxygens (including phenoxy) is 1. The fraction of sp³-hybridized carbons (Fsp3) is 0.318. The summed E-state index contributed by atoms with van der Waals surface area (Å²) in [5.41, 5.74) is 1.50. The van der Waals surface area contributed by atoms with Gasteiger partial charge >= 0.3 is 0 Å². The normalized spacial score (nSPS) is 11.5. The summed E-state index contributed by atoms with van der Waals surface area (Å²) >= 11 is 1.41. The van der Waals surface area contributed by atoms with Crippen molar-refractivity contribution in [1.29, 1.82) is 0 Å². The maximum absolute atomic E-state index is 13.5. The Bertz CT molecular complexity index is 1140. The number of nitrogens with zero attached hydrogens (tertiary/aromatic N) is 3. The van der Waals surface area contributed by atoms with Crippen molar-refractivity contribution in [2.24, 2.45) is 0 Å². The van der Waals surface area contributed by atoms with E-state index in [1.807, 2.05) is 37.3 Å². The molecule has 0 bridgehead atoms. The Morgan fingerprint density at radius 1 is 1.21 bits per heavy atom. The van der Waals surface area contributed by atoms with E-state index in [0.29, 0.717) is 35.4 Å². The topological polar surface area (TPSA) is 117 Å². The molecule has 0 atom stereocenters. The second-order valence-electron chi connectivity index (χ2n) is 7.11. The molecule has 0 spiro atoms. The van der Waals surface area contributed by atoms with Gasteiger partial charge in [-0.1, -0.05) is 42.1 Å². The molecular weight excluding hydrogens is 462 g/mol. The molecule has 1 heterocycles. The summed E-state index contributed by atoms with van der Waals surface area (Å²) in [5, 5.41) is 9.93. The van der Waals surface area contributed by atoms with Crippen LogP contribution in [0.4, 0.5) is 0 Å². The van der Waals surface area contributed by atoms with Gasteiger partial charge in [-0.15, -0.1) is 0 Å². The second kappa shape index (κ2) is 11.8. The summed E-state index contributed by atoms with van der Waals surface area (Å²) in [7, 11) is -3.93. The van der Waals surface area contributed by atoms with Crippen molar-refractivity contribution in [2.75, 3.05) is 25.4 Å². The maximum Gasteiger partial charge on any atom is 0.243 e. The highest BCUT2D eigenvalue weighted by atomic mass is 32.2. The van der Waals surface area contributed by atoms with E-state index >= 15 is 0 Å². The van der Waals surface area contributed by atoms with Gasteiger partial charge in [-0.2, -0.15) is 9.40 Å². The molecule has 1 aromatic heterocycles. The molecule has 9 nitrogen and oxygen atoms in total. The lowest BCUT2D eigenvalue weighted by molar-refractivity contribution is -0.121. The van der Waals surface area contributed by atoms with Crippen molar-refractivity contribution in [3.05, 3.63) is 66.0 Å². The predicted molar refractivity (Wildman–Crippen MR) is 127 cm³/mol. The molecule has 0 saturated carbocycles. The van der Waals surface area contributed by atoms with Crippen molar-refractivity contribution in [3.63, 3.8) is 0 Å². The number of aromatic nitrogens is 3. The number of hydrogen-bond acceptors (Lipinski definition) is 7. The standard InChI is InChI=1S/C22H27N5O4S2/c1-3-31-20-10-9-19(13-17(20)2)33(29,30)27(14-18-7-5-4-6-8-18)15-21(28)23-11-12-32-22-24-16-25-26-22/h4-10,13,16H,3,11-12,14-15H2,1-2H3,(H,23,28)(H,24,25,26). The number of benzene rings is 2. The monoisotopic (exact) mass is 489 g/mol. The first-order valence-corrected chi connectivity index (χ1v) is 12.8. The first kappa shape index (κ1) is 24.7. The lowest BCUT2D eigenvalue weighted by atomic mass is 10.2. The molecule has 0 aliphatic carbocycles. The molecule has 0 radical (unpaired) electrons. The number of aryl methyl sites for hydroxylation is 1. The summed E-state index contributed by atoms with van der Waals surface area (Å²) in [4.78, 5) is 16.7. The van der Waals surface area contributed by atoms with Crippen molar-refractivity contribution in [3.8, 4) is 5.75 Å². The molecule has 0 fully saturated rings. The Kier molecular flexibility index (Phi) is 8.87. The lowest BCUT2D eigenvalue weighted by Crippen LogP contribution is -2.41. The number of carbonyl (C=O) groups is 1. The van der Waals surface area contributed by atoms with Crippen LogP contribution in [0.25, 0.3) is 0 Å². The van der Waals surface area contributed by atoms with Gasteiger partial charge < -0.3 is 10.1 Å². The summed E-state index contributed by atoms with van der Waals surface area (Å²) in [6.45, 7) is 4.30. The molecule has 2 aromatic carbocycles. The van der Waals surface area contributed by atoms with Gasteiger partial charge in [0.2, 0.25) is 15.9 Å². The van der Waals surface area contributed by atoms with Gasteiger partial charge in [0.05, 0.1) is 18.0 Å². The Morgan fingerprint density at radius 3 is 2.67 bits per heavy atom. The molecule has 1 amide bonds. The van der Waals surface area contributed by atoms with E-state index in [2.05, 4.69) is 20.5 Å². The van der Waals surface area contributed by atoms with Crippen molar-refractivity contribution < 1.29 is 17.9 Å². The average Bonchev–Trinajstić information content (AvgIpc) is 3.32. The molecule has 0 unspecified atom stereocenters. The number of hydrogen-bond donors (Lipinski definition) is 2. The van der Waals surface area contributed by atoms with E-state index in [-0.39, 0.29) is 23.9 Å². The number of amides is 1. The molecule has 11 heteroatoms. The third-order valence-electron chi connectivity index (χ3n) is 4.66. The number of H-pyrrole nitrogens is 1. The maximum atomic E-state index is 13.5. The first-order chi connectivity index (χ1) is 15.9. The summed E-state index contributed by atoms with van der Waals surface area (Å²) in [6, 6.07) is 13.9. The van der Waals surface area contributed by atoms with Crippen LogP contribution in [0, 0.1) is 6.92 Å². The van der Waals surface area contributed by atoms with Crippen LogP contribution in [0.15, 0.2) is 64.9 Å². The van der Waals surface area contributed by atoms with Gasteiger partial charge in [-0.05, 0) is 43.2 Å². The molecule has 3 rings (SSSR count). The van der Waals surface area contributed by atoms with E-state index in [4.69, 9.17) is 4.74 Å². The fourth-order valence-electron chi connectivity index (χ4n) is 3.08. The van der Waals surface area contributed by atoms with Crippen LogP contribution < -0.4 is 10.1 Å². The minimum Gasteiger partial charge on any atom is -0.494 e. The number of sulfonamides is 1. The van der Waals surface area contributed by atoms with E-state index in [9.17, 15) is 13.2 Å². The van der Waals surface area contributed by atoms with Gasteiger partial charge in [-0.25, -0.2) is 13.4 Å². The smallest absolute Gasteiger partial charge is 0.243 e. The van der Waals surface area contributed by atoms with E-state index in [0.717, 1.165) is 5.56 Å². The zero-order valence-electron chi connectivity index (χ0n) is 18.5. The van der Waals surface area contributed by atoms with E-state index < -0.39 is 10.0 Å². The molecule has 0 aliphatic rings. The van der Waals surface area contributed by atoms with Gasteiger partial charge in [-0.3, -0.25) is 9.89 Å². The minimum atomic E-state index is -3.93. The SMILES string of the molecule is CCOc1ccc(S(=O)(=O)N(CC(=O)NCCSc2ncn[nH]2)Cc2ccccc2)cc1C. The number of carbonyl (C=O) groups excluding carboxylic acids is 1. The third-order valence-corrected chi connectivity index (χ3v) is 7.33. The third kappa shape index (κ3) is 7.04. The number of rotatable bonds is 12. The molecular formula is C22H27N5O4S2. The first-order valence-electron chi connectivity index (χ1n) is 10.4. The highest BCUT2D eigenvalue weighted by molar-refractivity contribution is 7.99. The Hall–Kier alpha value is -2.89. The van der Waals surface area contributed by atoms with Crippen molar-refractivity contribution in [2.45, 2.75) is 30.4 Å². The molecule has 176 valence electrons.